The highest BCUT2D eigenvalue weighted by molar-refractivity contribution is 5.94. The molecule has 26 heavy (non-hydrogen) atoms. The van der Waals surface area contributed by atoms with Crippen molar-refractivity contribution < 1.29 is 19.2 Å². The molecule has 140 valence electrons. The van der Waals surface area contributed by atoms with E-state index in [0.29, 0.717) is 24.4 Å². The molecule has 1 saturated carbocycles. The lowest BCUT2D eigenvalue weighted by Gasteiger charge is -2.32. The van der Waals surface area contributed by atoms with E-state index in [0.717, 1.165) is 38.8 Å². The van der Waals surface area contributed by atoms with Crippen LogP contribution in [-0.2, 0) is 9.53 Å². The van der Waals surface area contributed by atoms with Crippen molar-refractivity contribution in [3.63, 3.8) is 0 Å². The molecule has 0 amide bonds. The van der Waals surface area contributed by atoms with Crippen molar-refractivity contribution in [1.29, 1.82) is 0 Å². The number of hydrogen-bond acceptors (Lipinski definition) is 6. The average molecular weight is 360 g/mol. The summed E-state index contributed by atoms with van der Waals surface area (Å²) >= 11 is 0. The van der Waals surface area contributed by atoms with Gasteiger partial charge < -0.3 is 9.64 Å². The van der Waals surface area contributed by atoms with Gasteiger partial charge in [0.25, 0.3) is 5.69 Å². The van der Waals surface area contributed by atoms with Crippen LogP contribution in [0.1, 0.15) is 55.8 Å². The number of nitro benzene ring substituents is 1. The van der Waals surface area contributed by atoms with Gasteiger partial charge in [0.05, 0.1) is 10.5 Å². The van der Waals surface area contributed by atoms with Crippen molar-refractivity contribution >= 4 is 23.1 Å². The van der Waals surface area contributed by atoms with Crippen LogP contribution in [-0.4, -0.2) is 35.9 Å². The third-order valence-electron chi connectivity index (χ3n) is 5.15. The summed E-state index contributed by atoms with van der Waals surface area (Å²) < 4.78 is 5.30. The van der Waals surface area contributed by atoms with Crippen LogP contribution < -0.4 is 4.90 Å². The van der Waals surface area contributed by atoms with E-state index in [1.54, 1.807) is 12.1 Å². The van der Waals surface area contributed by atoms with Crippen molar-refractivity contribution in [2.75, 3.05) is 18.0 Å². The van der Waals surface area contributed by atoms with Crippen LogP contribution in [0.4, 0.5) is 11.4 Å². The first-order chi connectivity index (χ1) is 12.5. The van der Waals surface area contributed by atoms with Crippen LogP contribution >= 0.6 is 0 Å². The van der Waals surface area contributed by atoms with Gasteiger partial charge in [-0.1, -0.05) is 6.92 Å². The molecule has 1 aliphatic heterocycles. The van der Waals surface area contributed by atoms with Gasteiger partial charge in [0.2, 0.25) is 0 Å². The zero-order chi connectivity index (χ0) is 18.7. The van der Waals surface area contributed by atoms with E-state index >= 15 is 0 Å². The Morgan fingerprint density at radius 2 is 2.08 bits per heavy atom. The van der Waals surface area contributed by atoms with E-state index in [1.165, 1.54) is 6.07 Å². The average Bonchev–Trinajstić information content (AvgIpc) is 2.63. The van der Waals surface area contributed by atoms with Gasteiger partial charge in [0, 0.05) is 25.6 Å². The monoisotopic (exact) mass is 360 g/mol. The first-order valence-corrected chi connectivity index (χ1v) is 9.23. The predicted molar refractivity (Wildman–Crippen MR) is 96.4 cm³/mol. The van der Waals surface area contributed by atoms with Crippen molar-refractivity contribution in [1.82, 2.24) is 0 Å². The number of rotatable bonds is 4. The van der Waals surface area contributed by atoms with E-state index in [1.807, 2.05) is 4.90 Å². The zero-order valence-electron chi connectivity index (χ0n) is 15.0. The molecule has 7 heteroatoms. The smallest absolute Gasteiger partial charge is 0.339 e. The lowest BCUT2D eigenvalue weighted by molar-refractivity contribution is -0.384. The topological polar surface area (TPSA) is 89.8 Å². The lowest BCUT2D eigenvalue weighted by atomic mass is 9.96. The summed E-state index contributed by atoms with van der Waals surface area (Å²) in [6, 6.07) is 4.44. The molecular formula is C19H24N2O5. The maximum Gasteiger partial charge on any atom is 0.339 e. The second-order valence-electron chi connectivity index (χ2n) is 7.26. The molecule has 1 aromatic carbocycles. The van der Waals surface area contributed by atoms with E-state index in [9.17, 15) is 19.7 Å². The second-order valence-corrected chi connectivity index (χ2v) is 7.26. The van der Waals surface area contributed by atoms with Gasteiger partial charge in [-0.15, -0.1) is 0 Å². The second kappa shape index (κ2) is 7.85. The Balaban J connectivity index is 1.80. The molecule has 2 aliphatic rings. The van der Waals surface area contributed by atoms with Crippen molar-refractivity contribution in [2.24, 2.45) is 5.92 Å². The van der Waals surface area contributed by atoms with Crippen LogP contribution in [0.3, 0.4) is 0 Å². The fourth-order valence-electron chi connectivity index (χ4n) is 3.75. The summed E-state index contributed by atoms with van der Waals surface area (Å²) in [5, 5.41) is 11.5. The van der Waals surface area contributed by atoms with Gasteiger partial charge in [-0.05, 0) is 50.2 Å². The number of esters is 1. The normalized spacial score (nSPS) is 23.6. The van der Waals surface area contributed by atoms with Crippen molar-refractivity contribution in [2.45, 2.75) is 51.6 Å². The van der Waals surface area contributed by atoms with E-state index in [-0.39, 0.29) is 17.0 Å². The molecule has 0 N–H and O–H groups in total. The summed E-state index contributed by atoms with van der Waals surface area (Å²) in [7, 11) is 0. The van der Waals surface area contributed by atoms with Crippen LogP contribution in [0.25, 0.3) is 0 Å². The molecule has 0 aromatic heterocycles. The fourth-order valence-corrected chi connectivity index (χ4v) is 3.75. The number of hydrogen-bond donors (Lipinski definition) is 0. The van der Waals surface area contributed by atoms with Crippen molar-refractivity contribution in [3.05, 3.63) is 33.9 Å². The van der Waals surface area contributed by atoms with Crippen LogP contribution in [0, 0.1) is 16.0 Å². The Kier molecular flexibility index (Phi) is 5.54. The Labute approximate surface area is 152 Å². The Hall–Kier alpha value is -2.44. The molecule has 1 aliphatic carbocycles. The molecule has 0 spiro atoms. The number of anilines is 1. The summed E-state index contributed by atoms with van der Waals surface area (Å²) in [6.07, 6.45) is 3.99. The number of nitro groups is 1. The van der Waals surface area contributed by atoms with Gasteiger partial charge >= 0.3 is 5.97 Å². The SMILES string of the molecule is C[C@@H]1CCCN(c2ccc(C(=O)O[C@@H]3CCCCC3=O)cc2[N+](=O)[O-])C1. The molecule has 2 atom stereocenters. The molecule has 0 radical (unpaired) electrons. The zero-order valence-corrected chi connectivity index (χ0v) is 15.0. The molecule has 1 saturated heterocycles. The molecular weight excluding hydrogens is 336 g/mol. The van der Waals surface area contributed by atoms with E-state index < -0.39 is 17.0 Å². The molecule has 2 fully saturated rings. The van der Waals surface area contributed by atoms with Crippen molar-refractivity contribution in [3.8, 4) is 0 Å². The number of carbonyl (C=O) groups is 2. The number of piperidine rings is 1. The van der Waals surface area contributed by atoms with Crippen LogP contribution in [0.5, 0.6) is 0 Å². The highest BCUT2D eigenvalue weighted by Gasteiger charge is 2.29. The maximum atomic E-state index is 12.4. The Morgan fingerprint density at radius 3 is 2.77 bits per heavy atom. The number of carbonyl (C=O) groups excluding carboxylic acids is 2. The molecule has 1 aromatic rings. The fraction of sp³-hybridized carbons (Fsp3) is 0.579. The third kappa shape index (κ3) is 4.03. The summed E-state index contributed by atoms with van der Waals surface area (Å²) in [4.78, 5) is 37.3. The van der Waals surface area contributed by atoms with Gasteiger partial charge in [0.15, 0.2) is 11.9 Å². The standard InChI is InChI=1S/C19H24N2O5/c1-13-5-4-10-20(12-13)15-9-8-14(11-16(15)21(24)25)19(23)26-18-7-3-2-6-17(18)22/h8-9,11,13,18H,2-7,10,12H2,1H3/t13-,18-/m1/s1. The third-order valence-corrected chi connectivity index (χ3v) is 5.15. The molecule has 0 bridgehead atoms. The molecule has 0 unspecified atom stereocenters. The van der Waals surface area contributed by atoms with Crippen LogP contribution in [0.2, 0.25) is 0 Å². The molecule has 1 heterocycles. The first-order valence-electron chi connectivity index (χ1n) is 9.23. The van der Waals surface area contributed by atoms with Crippen LogP contribution in [0.15, 0.2) is 18.2 Å². The number of benzene rings is 1. The number of ether oxygens (including phenoxy) is 1. The van der Waals surface area contributed by atoms with E-state index in [4.69, 9.17) is 4.74 Å². The summed E-state index contributed by atoms with van der Waals surface area (Å²) in [6.45, 7) is 3.66. The number of Topliss-reactive ketones (excluding diaryl/α,β-unsaturated/α-hetero) is 1. The number of nitrogens with zero attached hydrogens (tertiary/aromatic N) is 2. The van der Waals surface area contributed by atoms with Gasteiger partial charge in [0.1, 0.15) is 5.69 Å². The lowest BCUT2D eigenvalue weighted by Crippen LogP contribution is -2.34. The minimum atomic E-state index is -0.724. The van der Waals surface area contributed by atoms with Gasteiger partial charge in [-0.25, -0.2) is 4.79 Å². The molecule has 3 rings (SSSR count). The van der Waals surface area contributed by atoms with E-state index in [2.05, 4.69) is 6.92 Å². The first kappa shape index (κ1) is 18.4. The minimum Gasteiger partial charge on any atom is -0.451 e. The highest BCUT2D eigenvalue weighted by Crippen LogP contribution is 2.33. The minimum absolute atomic E-state index is 0.0713. The largest absolute Gasteiger partial charge is 0.451 e. The van der Waals surface area contributed by atoms with Gasteiger partial charge in [-0.2, -0.15) is 0 Å². The maximum absolute atomic E-state index is 12.4. The number of ketones is 1. The van der Waals surface area contributed by atoms with Gasteiger partial charge in [-0.3, -0.25) is 14.9 Å². The highest BCUT2D eigenvalue weighted by atomic mass is 16.6. The quantitative estimate of drug-likeness (QED) is 0.464. The summed E-state index contributed by atoms with van der Waals surface area (Å²) in [5.74, 6) is -0.268. The molecule has 7 nitrogen and oxygen atoms in total. The Morgan fingerprint density at radius 1 is 1.27 bits per heavy atom. The summed E-state index contributed by atoms with van der Waals surface area (Å²) in [5.41, 5.74) is 0.555. The Bertz CT molecular complexity index is 718. The predicted octanol–water partition coefficient (Wildman–Crippen LogP) is 3.50.